The van der Waals surface area contributed by atoms with Crippen LogP contribution >= 0.6 is 11.6 Å². The average molecular weight is 678 g/mol. The number of hydrogen-bond acceptors (Lipinski definition) is 6. The molecule has 1 N–H and O–H groups in total. The fourth-order valence-corrected chi connectivity index (χ4v) is 6.72. The number of rotatable bonds is 15. The highest BCUT2D eigenvalue weighted by molar-refractivity contribution is 7.92. The molecular weight excluding hydrogens is 638 g/mol. The number of methoxy groups -OCH3 is 2. The first-order valence-electron chi connectivity index (χ1n) is 15.2. The standard InChI is InChI=1S/C36H40ClN3O6S/c1-5-20-38-36(42)32(22-27-10-7-6-8-11-27)39(24-28-12-9-13-29(37)21-28)35(41)25-40(30-16-19-33(45-3)34(23-30)46-4)47(43,44)31-17-14-26(2)15-18-31/h6-19,21,23,32H,5,20,22,24-25H2,1-4H3,(H,38,42)/t32-/m0/s1. The zero-order chi connectivity index (χ0) is 34.0. The van der Waals surface area contributed by atoms with E-state index >= 15 is 0 Å². The maximum Gasteiger partial charge on any atom is 0.264 e. The Labute approximate surface area is 282 Å². The van der Waals surface area contributed by atoms with Crippen LogP contribution in [-0.2, 0) is 32.6 Å². The molecule has 4 rings (SSSR count). The molecule has 4 aromatic rings. The summed E-state index contributed by atoms with van der Waals surface area (Å²) in [6.45, 7) is 3.64. The van der Waals surface area contributed by atoms with Crippen LogP contribution in [0.4, 0.5) is 5.69 Å². The topological polar surface area (TPSA) is 105 Å². The van der Waals surface area contributed by atoms with Crippen LogP contribution in [0.1, 0.15) is 30.0 Å². The third-order valence-electron chi connectivity index (χ3n) is 7.61. The van der Waals surface area contributed by atoms with Crippen molar-refractivity contribution < 1.29 is 27.5 Å². The summed E-state index contributed by atoms with van der Waals surface area (Å²) >= 11 is 6.31. The normalized spacial score (nSPS) is 11.8. The van der Waals surface area contributed by atoms with E-state index in [1.54, 1.807) is 42.5 Å². The molecule has 0 aromatic heterocycles. The van der Waals surface area contributed by atoms with E-state index in [1.165, 1.54) is 37.3 Å². The van der Waals surface area contributed by atoms with Crippen molar-refractivity contribution in [2.45, 2.75) is 44.2 Å². The zero-order valence-electron chi connectivity index (χ0n) is 27.0. The molecule has 0 unspecified atom stereocenters. The van der Waals surface area contributed by atoms with Crippen molar-refractivity contribution in [3.63, 3.8) is 0 Å². The minimum absolute atomic E-state index is 0.00796. The Bertz CT molecular complexity index is 1770. The SMILES string of the molecule is CCCNC(=O)[C@H](Cc1ccccc1)N(Cc1cccc(Cl)c1)C(=O)CN(c1ccc(OC)c(OC)c1)S(=O)(=O)c1ccc(C)cc1. The summed E-state index contributed by atoms with van der Waals surface area (Å²) in [5.41, 5.74) is 2.60. The van der Waals surface area contributed by atoms with Crippen LogP contribution in [0.2, 0.25) is 5.02 Å². The third kappa shape index (κ3) is 9.05. The summed E-state index contributed by atoms with van der Waals surface area (Å²) in [7, 11) is -1.35. The lowest BCUT2D eigenvalue weighted by atomic mass is 10.0. The smallest absolute Gasteiger partial charge is 0.264 e. The molecule has 11 heteroatoms. The second-order valence-electron chi connectivity index (χ2n) is 11.0. The number of carbonyl (C=O) groups excluding carboxylic acids is 2. The van der Waals surface area contributed by atoms with Gasteiger partial charge in [-0.05, 0) is 60.9 Å². The lowest BCUT2D eigenvalue weighted by Gasteiger charge is -2.34. The van der Waals surface area contributed by atoms with E-state index < -0.39 is 28.5 Å². The van der Waals surface area contributed by atoms with Gasteiger partial charge in [0.25, 0.3) is 10.0 Å². The molecule has 1 atom stereocenters. The van der Waals surface area contributed by atoms with E-state index in [-0.39, 0.29) is 29.5 Å². The minimum Gasteiger partial charge on any atom is -0.493 e. The number of ether oxygens (including phenoxy) is 2. The molecule has 0 saturated carbocycles. The molecule has 4 aromatic carbocycles. The van der Waals surface area contributed by atoms with Gasteiger partial charge in [-0.25, -0.2) is 8.42 Å². The number of nitrogens with zero attached hydrogens (tertiary/aromatic N) is 2. The van der Waals surface area contributed by atoms with Gasteiger partial charge in [-0.3, -0.25) is 13.9 Å². The van der Waals surface area contributed by atoms with Gasteiger partial charge in [0.05, 0.1) is 24.8 Å². The molecule has 2 amide bonds. The molecule has 0 fully saturated rings. The summed E-state index contributed by atoms with van der Waals surface area (Å²) < 4.78 is 40.4. The van der Waals surface area contributed by atoms with E-state index in [0.29, 0.717) is 35.1 Å². The number of halogens is 1. The number of hydrogen-bond donors (Lipinski definition) is 1. The second kappa shape index (κ2) is 16.3. The monoisotopic (exact) mass is 677 g/mol. The number of amides is 2. The molecule has 0 spiro atoms. The Kier molecular flexibility index (Phi) is 12.3. The Morgan fingerprint density at radius 2 is 1.53 bits per heavy atom. The van der Waals surface area contributed by atoms with Crippen LogP contribution < -0.4 is 19.1 Å². The van der Waals surface area contributed by atoms with E-state index in [0.717, 1.165) is 15.4 Å². The number of sulfonamides is 1. The van der Waals surface area contributed by atoms with Gasteiger partial charge in [0.15, 0.2) is 11.5 Å². The first-order chi connectivity index (χ1) is 22.6. The summed E-state index contributed by atoms with van der Waals surface area (Å²) in [6.07, 6.45) is 0.914. The van der Waals surface area contributed by atoms with Crippen LogP contribution in [-0.4, -0.2) is 58.5 Å². The molecule has 0 aliphatic heterocycles. The Morgan fingerprint density at radius 1 is 0.851 bits per heavy atom. The van der Waals surface area contributed by atoms with Gasteiger partial charge in [-0.15, -0.1) is 0 Å². The molecule has 0 aliphatic carbocycles. The van der Waals surface area contributed by atoms with E-state index in [1.807, 2.05) is 50.2 Å². The van der Waals surface area contributed by atoms with Crippen molar-refractivity contribution in [2.75, 3.05) is 31.6 Å². The van der Waals surface area contributed by atoms with Crippen molar-refractivity contribution in [3.05, 3.63) is 119 Å². The van der Waals surface area contributed by atoms with Crippen LogP contribution in [0, 0.1) is 6.92 Å². The molecular formula is C36H40ClN3O6S. The van der Waals surface area contributed by atoms with Crippen LogP contribution in [0.3, 0.4) is 0 Å². The highest BCUT2D eigenvalue weighted by Gasteiger charge is 2.35. The molecule has 0 radical (unpaired) electrons. The number of aryl methyl sites for hydroxylation is 1. The molecule has 0 saturated heterocycles. The maximum atomic E-state index is 14.6. The van der Waals surface area contributed by atoms with Crippen LogP contribution in [0.15, 0.2) is 102 Å². The summed E-state index contributed by atoms with van der Waals surface area (Å²) in [4.78, 5) is 29.8. The third-order valence-corrected chi connectivity index (χ3v) is 9.63. The van der Waals surface area contributed by atoms with E-state index in [4.69, 9.17) is 21.1 Å². The number of carbonyl (C=O) groups is 2. The Balaban J connectivity index is 1.84. The fraction of sp³-hybridized carbons (Fsp3) is 0.278. The first-order valence-corrected chi connectivity index (χ1v) is 17.1. The van der Waals surface area contributed by atoms with Gasteiger partial charge in [-0.1, -0.05) is 78.7 Å². The van der Waals surface area contributed by atoms with Gasteiger partial charge in [0.1, 0.15) is 12.6 Å². The van der Waals surface area contributed by atoms with Crippen molar-refractivity contribution in [1.82, 2.24) is 10.2 Å². The molecule has 0 bridgehead atoms. The Hall–Kier alpha value is -4.54. The summed E-state index contributed by atoms with van der Waals surface area (Å²) in [5.74, 6) is -0.236. The van der Waals surface area contributed by atoms with Gasteiger partial charge in [-0.2, -0.15) is 0 Å². The Morgan fingerprint density at radius 3 is 2.17 bits per heavy atom. The number of benzene rings is 4. The first kappa shape index (κ1) is 35.3. The largest absolute Gasteiger partial charge is 0.493 e. The van der Waals surface area contributed by atoms with Crippen molar-refractivity contribution in [3.8, 4) is 11.5 Å². The van der Waals surface area contributed by atoms with Crippen molar-refractivity contribution in [2.24, 2.45) is 0 Å². The van der Waals surface area contributed by atoms with Crippen molar-refractivity contribution in [1.29, 1.82) is 0 Å². The predicted octanol–water partition coefficient (Wildman–Crippen LogP) is 6.03. The highest BCUT2D eigenvalue weighted by Crippen LogP contribution is 2.34. The van der Waals surface area contributed by atoms with Crippen molar-refractivity contribution >= 4 is 39.1 Å². The minimum atomic E-state index is -4.27. The lowest BCUT2D eigenvalue weighted by molar-refractivity contribution is -0.140. The van der Waals surface area contributed by atoms with Crippen LogP contribution in [0.5, 0.6) is 11.5 Å². The molecule has 248 valence electrons. The number of anilines is 1. The van der Waals surface area contributed by atoms with E-state index in [2.05, 4.69) is 5.32 Å². The van der Waals surface area contributed by atoms with Gasteiger partial charge >= 0.3 is 0 Å². The fourth-order valence-electron chi connectivity index (χ4n) is 5.10. The molecule has 47 heavy (non-hydrogen) atoms. The summed E-state index contributed by atoms with van der Waals surface area (Å²) in [5, 5.41) is 3.41. The van der Waals surface area contributed by atoms with Gasteiger partial charge < -0.3 is 19.7 Å². The van der Waals surface area contributed by atoms with Gasteiger partial charge in [0.2, 0.25) is 11.8 Å². The second-order valence-corrected chi connectivity index (χ2v) is 13.3. The maximum absolute atomic E-state index is 14.6. The van der Waals surface area contributed by atoms with Crippen LogP contribution in [0.25, 0.3) is 0 Å². The van der Waals surface area contributed by atoms with Gasteiger partial charge in [0, 0.05) is 30.6 Å². The molecule has 0 heterocycles. The molecule has 9 nitrogen and oxygen atoms in total. The lowest BCUT2D eigenvalue weighted by Crippen LogP contribution is -2.53. The predicted molar refractivity (Wildman–Crippen MR) is 184 cm³/mol. The zero-order valence-corrected chi connectivity index (χ0v) is 28.6. The number of nitrogens with one attached hydrogen (secondary N) is 1. The van der Waals surface area contributed by atoms with E-state index in [9.17, 15) is 18.0 Å². The highest BCUT2D eigenvalue weighted by atomic mass is 35.5. The summed E-state index contributed by atoms with van der Waals surface area (Å²) in [6, 6.07) is 26.5. The average Bonchev–Trinajstić information content (AvgIpc) is 3.07. The quantitative estimate of drug-likeness (QED) is 0.165. The molecule has 0 aliphatic rings.